The summed E-state index contributed by atoms with van der Waals surface area (Å²) in [5, 5.41) is 2.86. The van der Waals surface area contributed by atoms with Gasteiger partial charge in [-0.2, -0.15) is 0 Å². The van der Waals surface area contributed by atoms with Crippen LogP contribution in [0.4, 0.5) is 5.69 Å². The van der Waals surface area contributed by atoms with Crippen LogP contribution in [0.15, 0.2) is 47.3 Å². The second kappa shape index (κ2) is 9.32. The van der Waals surface area contributed by atoms with Gasteiger partial charge in [-0.15, -0.1) is 0 Å². The van der Waals surface area contributed by atoms with Gasteiger partial charge in [-0.1, -0.05) is 19.1 Å². The first-order chi connectivity index (χ1) is 14.1. The van der Waals surface area contributed by atoms with E-state index in [1.807, 2.05) is 45.0 Å². The zero-order valence-electron chi connectivity index (χ0n) is 17.1. The van der Waals surface area contributed by atoms with Crippen LogP contribution < -0.4 is 20.5 Å². The average molecular weight is 397 g/mol. The number of rotatable bonds is 9. The summed E-state index contributed by atoms with van der Waals surface area (Å²) in [5.41, 5.74) is 1.92. The lowest BCUT2D eigenvalue weighted by atomic mass is 10.2. The molecular formula is C22H27N3O4. The fourth-order valence-electron chi connectivity index (χ4n) is 3.34. The molecule has 0 saturated carbocycles. The Bertz CT molecular complexity index is 1050. The molecule has 0 aliphatic rings. The zero-order valence-corrected chi connectivity index (χ0v) is 17.1. The Labute approximate surface area is 169 Å². The molecular weight excluding hydrogens is 370 g/mol. The highest BCUT2D eigenvalue weighted by molar-refractivity contribution is 5.93. The Morgan fingerprint density at radius 3 is 2.31 bits per heavy atom. The molecule has 0 spiro atoms. The fraction of sp³-hybridized carbons (Fsp3) is 0.364. The lowest BCUT2D eigenvalue weighted by molar-refractivity contribution is -0.116. The Balaban J connectivity index is 1.89. The number of imidazole rings is 1. The summed E-state index contributed by atoms with van der Waals surface area (Å²) in [6.45, 7) is 7.32. The van der Waals surface area contributed by atoms with E-state index < -0.39 is 0 Å². The molecule has 0 bridgehead atoms. The molecule has 0 radical (unpaired) electrons. The highest BCUT2D eigenvalue weighted by atomic mass is 16.5. The van der Waals surface area contributed by atoms with Crippen molar-refractivity contribution in [1.82, 2.24) is 9.13 Å². The van der Waals surface area contributed by atoms with Gasteiger partial charge in [0.25, 0.3) is 0 Å². The van der Waals surface area contributed by atoms with E-state index >= 15 is 0 Å². The number of aryl methyl sites for hydroxylation is 1. The summed E-state index contributed by atoms with van der Waals surface area (Å²) in [5.74, 6) is 0.897. The van der Waals surface area contributed by atoms with Crippen LogP contribution in [-0.2, 0) is 17.9 Å². The summed E-state index contributed by atoms with van der Waals surface area (Å²) >= 11 is 0. The molecule has 1 N–H and O–H groups in total. The molecule has 7 nitrogen and oxygen atoms in total. The number of carbonyl (C=O) groups excluding carboxylic acids is 1. The number of anilines is 1. The van der Waals surface area contributed by atoms with Gasteiger partial charge >= 0.3 is 5.69 Å². The molecule has 0 unspecified atom stereocenters. The van der Waals surface area contributed by atoms with Crippen LogP contribution in [0.3, 0.4) is 0 Å². The Morgan fingerprint density at radius 2 is 1.66 bits per heavy atom. The maximum atomic E-state index is 12.9. The van der Waals surface area contributed by atoms with E-state index in [2.05, 4.69) is 5.32 Å². The number of carbonyl (C=O) groups is 1. The van der Waals surface area contributed by atoms with Crippen molar-refractivity contribution in [1.29, 1.82) is 0 Å². The monoisotopic (exact) mass is 397 g/mol. The van der Waals surface area contributed by atoms with Crippen LogP contribution in [0.1, 0.15) is 27.2 Å². The summed E-state index contributed by atoms with van der Waals surface area (Å²) in [4.78, 5) is 25.7. The number of hydrogen-bond acceptors (Lipinski definition) is 4. The van der Waals surface area contributed by atoms with Crippen molar-refractivity contribution in [3.63, 3.8) is 0 Å². The van der Waals surface area contributed by atoms with E-state index in [-0.39, 0.29) is 18.1 Å². The van der Waals surface area contributed by atoms with Crippen molar-refractivity contribution in [2.24, 2.45) is 0 Å². The first-order valence-corrected chi connectivity index (χ1v) is 9.96. The topological polar surface area (TPSA) is 74.5 Å². The molecule has 1 heterocycles. The predicted octanol–water partition coefficient (Wildman–Crippen LogP) is 3.65. The van der Waals surface area contributed by atoms with Gasteiger partial charge in [-0.3, -0.25) is 13.9 Å². The van der Waals surface area contributed by atoms with Gasteiger partial charge in [-0.05, 0) is 44.5 Å². The van der Waals surface area contributed by atoms with Crippen LogP contribution in [0, 0.1) is 0 Å². The van der Waals surface area contributed by atoms with Crippen LogP contribution in [0.5, 0.6) is 11.5 Å². The largest absolute Gasteiger partial charge is 0.494 e. The van der Waals surface area contributed by atoms with E-state index in [1.165, 1.54) is 4.57 Å². The molecule has 29 heavy (non-hydrogen) atoms. The van der Waals surface area contributed by atoms with Gasteiger partial charge in [0.2, 0.25) is 5.91 Å². The lowest BCUT2D eigenvalue weighted by Gasteiger charge is -2.13. The standard InChI is InChI=1S/C22H27N3O4/c1-4-13-24-18-9-7-8-10-19(18)25(22(24)27)15-21(26)23-17-14-16(28-5-2)11-12-20(17)29-6-3/h7-12,14H,4-6,13,15H2,1-3H3,(H,23,26). The molecule has 0 atom stereocenters. The van der Waals surface area contributed by atoms with Crippen molar-refractivity contribution in [3.8, 4) is 11.5 Å². The highest BCUT2D eigenvalue weighted by Crippen LogP contribution is 2.29. The number of nitrogens with zero attached hydrogens (tertiary/aromatic N) is 2. The number of nitrogens with one attached hydrogen (secondary N) is 1. The van der Waals surface area contributed by atoms with Crippen LogP contribution in [-0.4, -0.2) is 28.3 Å². The number of benzene rings is 2. The number of ether oxygens (including phenoxy) is 2. The minimum Gasteiger partial charge on any atom is -0.494 e. The molecule has 3 rings (SSSR count). The minimum atomic E-state index is -0.305. The second-order valence-electron chi connectivity index (χ2n) is 6.58. The molecule has 2 aromatic carbocycles. The van der Waals surface area contributed by atoms with E-state index in [9.17, 15) is 9.59 Å². The summed E-state index contributed by atoms with van der Waals surface area (Å²) in [7, 11) is 0. The van der Waals surface area contributed by atoms with E-state index in [0.29, 0.717) is 36.9 Å². The van der Waals surface area contributed by atoms with Crippen molar-refractivity contribution >= 4 is 22.6 Å². The van der Waals surface area contributed by atoms with Crippen LogP contribution in [0.25, 0.3) is 11.0 Å². The second-order valence-corrected chi connectivity index (χ2v) is 6.58. The van der Waals surface area contributed by atoms with Crippen molar-refractivity contribution in [2.45, 2.75) is 40.3 Å². The highest BCUT2D eigenvalue weighted by Gasteiger charge is 2.16. The molecule has 154 valence electrons. The maximum absolute atomic E-state index is 12.9. The SMILES string of the molecule is CCCn1c(=O)n(CC(=O)Nc2cc(OCC)ccc2OCC)c2ccccc21. The Morgan fingerprint density at radius 1 is 0.966 bits per heavy atom. The van der Waals surface area contributed by atoms with Gasteiger partial charge in [-0.25, -0.2) is 4.79 Å². The van der Waals surface area contributed by atoms with Crippen LogP contribution in [0.2, 0.25) is 0 Å². The zero-order chi connectivity index (χ0) is 20.8. The first-order valence-electron chi connectivity index (χ1n) is 9.96. The normalized spacial score (nSPS) is 10.9. The third-order valence-corrected chi connectivity index (χ3v) is 4.51. The molecule has 0 aliphatic heterocycles. The molecule has 0 saturated heterocycles. The number of aromatic nitrogens is 2. The predicted molar refractivity (Wildman–Crippen MR) is 114 cm³/mol. The van der Waals surface area contributed by atoms with E-state index in [0.717, 1.165) is 17.5 Å². The number of amides is 1. The Hall–Kier alpha value is -3.22. The fourth-order valence-corrected chi connectivity index (χ4v) is 3.34. The van der Waals surface area contributed by atoms with Crippen molar-refractivity contribution < 1.29 is 14.3 Å². The molecule has 1 aromatic heterocycles. The van der Waals surface area contributed by atoms with Crippen molar-refractivity contribution in [2.75, 3.05) is 18.5 Å². The smallest absolute Gasteiger partial charge is 0.329 e. The number of fused-ring (bicyclic) bond motifs is 1. The minimum absolute atomic E-state index is 0.0828. The van der Waals surface area contributed by atoms with Gasteiger partial charge in [0, 0.05) is 12.6 Å². The Kier molecular flexibility index (Phi) is 6.59. The summed E-state index contributed by atoms with van der Waals surface area (Å²) in [6, 6.07) is 12.8. The molecule has 7 heteroatoms. The summed E-state index contributed by atoms with van der Waals surface area (Å²) in [6.07, 6.45) is 0.835. The van der Waals surface area contributed by atoms with E-state index in [1.54, 1.807) is 22.8 Å². The van der Waals surface area contributed by atoms with E-state index in [4.69, 9.17) is 9.47 Å². The number of para-hydroxylation sites is 2. The third-order valence-electron chi connectivity index (χ3n) is 4.51. The molecule has 0 aliphatic carbocycles. The lowest BCUT2D eigenvalue weighted by Crippen LogP contribution is -2.29. The molecule has 1 amide bonds. The van der Waals surface area contributed by atoms with Gasteiger partial charge in [0.15, 0.2) is 0 Å². The first kappa shape index (κ1) is 20.5. The van der Waals surface area contributed by atoms with Crippen molar-refractivity contribution in [3.05, 3.63) is 52.9 Å². The van der Waals surface area contributed by atoms with Gasteiger partial charge < -0.3 is 14.8 Å². The summed E-state index contributed by atoms with van der Waals surface area (Å²) < 4.78 is 14.3. The maximum Gasteiger partial charge on any atom is 0.329 e. The average Bonchev–Trinajstić information content (AvgIpc) is 2.96. The van der Waals surface area contributed by atoms with Crippen LogP contribution >= 0.6 is 0 Å². The van der Waals surface area contributed by atoms with Gasteiger partial charge in [0.05, 0.1) is 29.9 Å². The number of hydrogen-bond donors (Lipinski definition) is 1. The quantitative estimate of drug-likeness (QED) is 0.598. The molecule has 3 aromatic rings. The molecule has 0 fully saturated rings. The van der Waals surface area contributed by atoms with Gasteiger partial charge in [0.1, 0.15) is 18.0 Å². The third kappa shape index (κ3) is 4.45.